The molecule has 0 aliphatic carbocycles. The smallest absolute Gasteiger partial charge is 0.346 e. The van der Waals surface area contributed by atoms with Gasteiger partial charge in [-0.25, -0.2) is 9.59 Å². The van der Waals surface area contributed by atoms with Gasteiger partial charge in [0, 0.05) is 37.1 Å². The Morgan fingerprint density at radius 2 is 1.76 bits per heavy atom. The number of hydrogen-bond donors (Lipinski definition) is 0. The van der Waals surface area contributed by atoms with Crippen LogP contribution in [0.1, 0.15) is 26.3 Å². The zero-order chi connectivity index (χ0) is 15.6. The molecule has 0 spiro atoms. The minimum absolute atomic E-state index is 0.221. The molecule has 0 radical (unpaired) electrons. The van der Waals surface area contributed by atoms with Crippen LogP contribution in [-0.4, -0.2) is 49.6 Å². The van der Waals surface area contributed by atoms with Gasteiger partial charge in [0.25, 0.3) is 0 Å². The van der Waals surface area contributed by atoms with Gasteiger partial charge in [0.1, 0.15) is 6.10 Å². The Labute approximate surface area is 125 Å². The average Bonchev–Trinajstić information content (AvgIpc) is 2.79. The van der Waals surface area contributed by atoms with Crippen molar-refractivity contribution in [3.63, 3.8) is 0 Å². The maximum Gasteiger partial charge on any atom is 0.346 e. The molecule has 1 aromatic carbocycles. The lowest BCUT2D eigenvalue weighted by atomic mass is 9.96. The van der Waals surface area contributed by atoms with E-state index in [0.29, 0.717) is 5.56 Å². The number of hydrogen-bond acceptors (Lipinski definition) is 6. The van der Waals surface area contributed by atoms with Crippen LogP contribution >= 0.6 is 0 Å². The predicted molar refractivity (Wildman–Crippen MR) is 77.4 cm³/mol. The Hall–Kier alpha value is -1.54. The number of cyclic esters (lactones) is 2. The van der Waals surface area contributed by atoms with Crippen LogP contribution in [0.25, 0.3) is 0 Å². The first-order chi connectivity index (χ1) is 10.0. The monoisotopic (exact) mass is 310 g/mol. The van der Waals surface area contributed by atoms with Gasteiger partial charge in [0.2, 0.25) is 5.79 Å². The van der Waals surface area contributed by atoms with Crippen LogP contribution in [-0.2, 0) is 24.7 Å². The van der Waals surface area contributed by atoms with Crippen molar-refractivity contribution in [2.24, 2.45) is 0 Å². The number of rotatable bonds is 6. The highest BCUT2D eigenvalue weighted by molar-refractivity contribution is 6.14. The summed E-state index contributed by atoms with van der Waals surface area (Å²) in [5.74, 6) is -2.41. The summed E-state index contributed by atoms with van der Waals surface area (Å²) in [5.41, 5.74) is 1.09. The van der Waals surface area contributed by atoms with Gasteiger partial charge in [-0.2, -0.15) is 0 Å². The first kappa shape index (κ1) is 15.8. The Balaban J connectivity index is 2.55. The van der Waals surface area contributed by atoms with E-state index in [-0.39, 0.29) is 17.2 Å². The van der Waals surface area contributed by atoms with E-state index in [4.69, 9.17) is 14.2 Å². The highest BCUT2D eigenvalue weighted by Crippen LogP contribution is 2.35. The molecule has 0 amide bonds. The fourth-order valence-electron chi connectivity index (χ4n) is 2.66. The topological polar surface area (TPSA) is 71.1 Å². The molecule has 0 aromatic heterocycles. The van der Waals surface area contributed by atoms with Gasteiger partial charge in [-0.05, 0) is 18.2 Å². The predicted octanol–water partition coefficient (Wildman–Crippen LogP) is 0.242. The molecule has 1 aromatic rings. The van der Waals surface area contributed by atoms with Gasteiger partial charge in [-0.1, -0.05) is 6.07 Å². The molecular formula is C14H18O6Si. The number of carbonyl (C=O) groups excluding carboxylic acids is 2. The molecule has 6 nitrogen and oxygen atoms in total. The Kier molecular flexibility index (Phi) is 4.57. The highest BCUT2D eigenvalue weighted by atomic mass is 28.1. The highest BCUT2D eigenvalue weighted by Gasteiger charge is 2.42. The summed E-state index contributed by atoms with van der Waals surface area (Å²) in [4.78, 5) is 23.2. The summed E-state index contributed by atoms with van der Waals surface area (Å²) in [6.07, 6.45) is -0.314. The van der Waals surface area contributed by atoms with Crippen LogP contribution in [0.5, 0.6) is 0 Å². The van der Waals surface area contributed by atoms with Crippen LogP contribution in [0.15, 0.2) is 18.2 Å². The second-order valence-corrected chi connectivity index (χ2v) is 5.46. The first-order valence-electron chi connectivity index (χ1n) is 6.58. The molecule has 114 valence electrons. The Morgan fingerprint density at radius 1 is 1.14 bits per heavy atom. The number of ether oxygens (including phenoxy) is 4. The van der Waals surface area contributed by atoms with Crippen LogP contribution in [0.2, 0.25) is 6.04 Å². The van der Waals surface area contributed by atoms with Crippen molar-refractivity contribution >= 4 is 22.2 Å². The van der Waals surface area contributed by atoms with E-state index >= 15 is 0 Å². The van der Waals surface area contributed by atoms with E-state index in [1.807, 2.05) is 0 Å². The fraction of sp³-hybridized carbons (Fsp3) is 0.429. The first-order valence-corrected chi connectivity index (χ1v) is 7.99. The van der Waals surface area contributed by atoms with Crippen molar-refractivity contribution < 1.29 is 28.5 Å². The lowest BCUT2D eigenvalue weighted by Gasteiger charge is -2.37. The molecule has 7 heteroatoms. The van der Waals surface area contributed by atoms with Gasteiger partial charge in [-0.3, -0.25) is 0 Å². The van der Waals surface area contributed by atoms with Crippen molar-refractivity contribution in [1.82, 2.24) is 0 Å². The maximum absolute atomic E-state index is 11.7. The molecule has 0 N–H and O–H groups in total. The molecule has 1 aliphatic rings. The van der Waals surface area contributed by atoms with E-state index in [9.17, 15) is 9.59 Å². The quantitative estimate of drug-likeness (QED) is 0.324. The zero-order valence-electron chi connectivity index (χ0n) is 12.5. The largest absolute Gasteiger partial charge is 0.386 e. The third-order valence-electron chi connectivity index (χ3n) is 3.73. The zero-order valence-corrected chi connectivity index (χ0v) is 14.5. The SMILES string of the molecule is COC(C[SiH3])C(OC)(OC)c1ccc2c(c1)C(=O)OC2=O. The summed E-state index contributed by atoms with van der Waals surface area (Å²) < 4.78 is 21.2. The molecule has 0 saturated heterocycles. The van der Waals surface area contributed by atoms with Crippen molar-refractivity contribution in [3.05, 3.63) is 34.9 Å². The van der Waals surface area contributed by atoms with E-state index in [1.54, 1.807) is 25.3 Å². The summed E-state index contributed by atoms with van der Waals surface area (Å²) in [7, 11) is 5.51. The molecule has 21 heavy (non-hydrogen) atoms. The van der Waals surface area contributed by atoms with E-state index in [0.717, 1.165) is 16.3 Å². The van der Waals surface area contributed by atoms with Gasteiger partial charge < -0.3 is 18.9 Å². The van der Waals surface area contributed by atoms with Crippen molar-refractivity contribution in [3.8, 4) is 0 Å². The van der Waals surface area contributed by atoms with Crippen molar-refractivity contribution in [2.75, 3.05) is 21.3 Å². The number of esters is 2. The molecular weight excluding hydrogens is 292 g/mol. The lowest BCUT2D eigenvalue weighted by Crippen LogP contribution is -2.44. The molecule has 1 aliphatic heterocycles. The van der Waals surface area contributed by atoms with Gasteiger partial charge in [-0.15, -0.1) is 0 Å². The van der Waals surface area contributed by atoms with Gasteiger partial charge >= 0.3 is 11.9 Å². The standard InChI is InChI=1S/C14H18O6Si/c1-17-11(7-21)14(18-2,19-3)8-4-5-9-10(6-8)13(16)20-12(9)15/h4-6,11H,7H2,1-3,21H3. The summed E-state index contributed by atoms with van der Waals surface area (Å²) >= 11 is 0. The average molecular weight is 310 g/mol. The van der Waals surface area contributed by atoms with Crippen molar-refractivity contribution in [2.45, 2.75) is 17.9 Å². The summed E-state index contributed by atoms with van der Waals surface area (Å²) in [5, 5.41) is 0. The summed E-state index contributed by atoms with van der Waals surface area (Å²) in [6, 6.07) is 5.58. The molecule has 2 rings (SSSR count). The summed E-state index contributed by atoms with van der Waals surface area (Å²) in [6.45, 7) is 0. The molecule has 0 bridgehead atoms. The number of methoxy groups -OCH3 is 3. The lowest BCUT2D eigenvalue weighted by molar-refractivity contribution is -0.269. The Bertz CT molecular complexity index is 563. The van der Waals surface area contributed by atoms with Crippen LogP contribution in [0, 0.1) is 0 Å². The molecule has 1 atom stereocenters. The van der Waals surface area contributed by atoms with Gasteiger partial charge in [0.05, 0.1) is 11.1 Å². The van der Waals surface area contributed by atoms with E-state index in [1.165, 1.54) is 14.2 Å². The van der Waals surface area contributed by atoms with Crippen LogP contribution < -0.4 is 0 Å². The normalized spacial score (nSPS) is 16.0. The Morgan fingerprint density at radius 3 is 2.29 bits per heavy atom. The third kappa shape index (κ3) is 2.42. The number of carbonyl (C=O) groups is 2. The molecule has 1 heterocycles. The maximum atomic E-state index is 11.7. The van der Waals surface area contributed by atoms with Crippen molar-refractivity contribution in [1.29, 1.82) is 0 Å². The van der Waals surface area contributed by atoms with Crippen LogP contribution in [0.3, 0.4) is 0 Å². The third-order valence-corrected chi connectivity index (χ3v) is 4.47. The second kappa shape index (κ2) is 6.06. The van der Waals surface area contributed by atoms with E-state index in [2.05, 4.69) is 4.74 Å². The number of fused-ring (bicyclic) bond motifs is 1. The molecule has 0 saturated carbocycles. The second-order valence-electron chi connectivity index (χ2n) is 4.65. The number of benzene rings is 1. The molecule has 1 unspecified atom stereocenters. The molecule has 0 fully saturated rings. The fourth-order valence-corrected chi connectivity index (χ4v) is 3.53. The minimum atomic E-state index is -1.13. The van der Waals surface area contributed by atoms with E-state index < -0.39 is 17.7 Å². The minimum Gasteiger partial charge on any atom is -0.386 e. The van der Waals surface area contributed by atoms with Gasteiger partial charge in [0.15, 0.2) is 0 Å². The van der Waals surface area contributed by atoms with Crippen LogP contribution in [0.4, 0.5) is 0 Å².